The first-order chi connectivity index (χ1) is 18.6. The molecule has 194 valence electrons. The Morgan fingerprint density at radius 3 is 2.82 bits per heavy atom. The summed E-state index contributed by atoms with van der Waals surface area (Å²) in [5, 5.41) is 10.4. The molecule has 6 heterocycles. The number of anilines is 2. The Labute approximate surface area is 218 Å². The van der Waals surface area contributed by atoms with Gasteiger partial charge < -0.3 is 15.2 Å². The van der Waals surface area contributed by atoms with Crippen LogP contribution in [0.5, 0.6) is 0 Å². The minimum Gasteiger partial charge on any atom is -0.355 e. The van der Waals surface area contributed by atoms with E-state index in [1.807, 2.05) is 13.0 Å². The molecule has 11 heteroatoms. The lowest BCUT2D eigenvalue weighted by molar-refractivity contribution is -0.116. The molecule has 0 radical (unpaired) electrons. The van der Waals surface area contributed by atoms with E-state index >= 15 is 4.39 Å². The molecule has 0 bridgehead atoms. The average molecular weight is 514 g/mol. The SMILES string of the molecule is CCCCC(=O)Nc1cncc(-c2ncc3[nH]nc(-c4nc5c(N6CCCCC6)nccc5[nH]4)c3c2F)c1. The quantitative estimate of drug-likeness (QED) is 0.272. The van der Waals surface area contributed by atoms with Crippen molar-refractivity contribution >= 4 is 39.3 Å². The summed E-state index contributed by atoms with van der Waals surface area (Å²) in [5.74, 6) is 0.632. The Kier molecular flexibility index (Phi) is 6.40. The first kappa shape index (κ1) is 24.0. The molecule has 10 nitrogen and oxygen atoms in total. The van der Waals surface area contributed by atoms with E-state index in [2.05, 4.69) is 40.3 Å². The van der Waals surface area contributed by atoms with Crippen LogP contribution in [0.25, 0.3) is 44.7 Å². The summed E-state index contributed by atoms with van der Waals surface area (Å²) in [5.41, 5.74) is 3.43. The van der Waals surface area contributed by atoms with Crippen molar-refractivity contribution in [2.24, 2.45) is 0 Å². The van der Waals surface area contributed by atoms with Gasteiger partial charge in [0, 0.05) is 37.5 Å². The highest BCUT2D eigenvalue weighted by molar-refractivity contribution is 5.97. The molecule has 3 N–H and O–H groups in total. The first-order valence-electron chi connectivity index (χ1n) is 13.0. The summed E-state index contributed by atoms with van der Waals surface area (Å²) in [6, 6.07) is 3.54. The lowest BCUT2D eigenvalue weighted by Gasteiger charge is -2.27. The first-order valence-corrected chi connectivity index (χ1v) is 13.0. The van der Waals surface area contributed by atoms with E-state index < -0.39 is 5.82 Å². The highest BCUT2D eigenvalue weighted by Gasteiger charge is 2.23. The number of halogens is 1. The van der Waals surface area contributed by atoms with Crippen molar-refractivity contribution in [2.75, 3.05) is 23.3 Å². The summed E-state index contributed by atoms with van der Waals surface area (Å²) in [4.78, 5) is 35.6. The fourth-order valence-electron chi connectivity index (χ4n) is 4.92. The number of hydrogen-bond donors (Lipinski definition) is 3. The van der Waals surface area contributed by atoms with Gasteiger partial charge in [0.1, 0.15) is 16.9 Å². The second kappa shape index (κ2) is 10.2. The molecule has 0 saturated carbocycles. The van der Waals surface area contributed by atoms with E-state index in [-0.39, 0.29) is 17.0 Å². The van der Waals surface area contributed by atoms with Crippen molar-refractivity contribution in [3.05, 3.63) is 42.7 Å². The molecule has 5 aromatic heterocycles. The number of piperidine rings is 1. The molecule has 0 aliphatic carbocycles. The molecular formula is C27H28FN9O. The van der Waals surface area contributed by atoms with Crippen LogP contribution in [0.15, 0.2) is 36.9 Å². The number of aromatic nitrogens is 7. The maximum atomic E-state index is 16.0. The number of amides is 1. The van der Waals surface area contributed by atoms with Crippen molar-refractivity contribution < 1.29 is 9.18 Å². The van der Waals surface area contributed by atoms with Crippen LogP contribution in [-0.4, -0.2) is 54.1 Å². The van der Waals surface area contributed by atoms with Crippen LogP contribution in [0.3, 0.4) is 0 Å². The van der Waals surface area contributed by atoms with Crippen LogP contribution < -0.4 is 10.2 Å². The molecule has 1 fully saturated rings. The van der Waals surface area contributed by atoms with Crippen LogP contribution in [0, 0.1) is 5.82 Å². The second-order valence-electron chi connectivity index (χ2n) is 9.56. The highest BCUT2D eigenvalue weighted by atomic mass is 19.1. The van der Waals surface area contributed by atoms with Gasteiger partial charge in [0.2, 0.25) is 5.91 Å². The van der Waals surface area contributed by atoms with Crippen LogP contribution in [0.4, 0.5) is 15.9 Å². The van der Waals surface area contributed by atoms with Crippen molar-refractivity contribution in [2.45, 2.75) is 45.4 Å². The van der Waals surface area contributed by atoms with E-state index in [0.717, 1.165) is 55.6 Å². The Morgan fingerprint density at radius 1 is 1.11 bits per heavy atom. The average Bonchev–Trinajstić information content (AvgIpc) is 3.57. The molecule has 0 unspecified atom stereocenters. The fraction of sp³-hybridized carbons (Fsp3) is 0.333. The van der Waals surface area contributed by atoms with Crippen molar-refractivity contribution in [3.63, 3.8) is 0 Å². The molecule has 0 atom stereocenters. The van der Waals surface area contributed by atoms with E-state index in [4.69, 9.17) is 4.98 Å². The molecule has 1 aliphatic rings. The number of fused-ring (bicyclic) bond motifs is 2. The Bertz CT molecular complexity index is 1620. The number of hydrogen-bond acceptors (Lipinski definition) is 7. The summed E-state index contributed by atoms with van der Waals surface area (Å²) in [6.45, 7) is 3.91. The van der Waals surface area contributed by atoms with Gasteiger partial charge in [-0.2, -0.15) is 5.10 Å². The summed E-state index contributed by atoms with van der Waals surface area (Å²) >= 11 is 0. The van der Waals surface area contributed by atoms with Gasteiger partial charge in [0.25, 0.3) is 0 Å². The molecular weight excluding hydrogens is 485 g/mol. The zero-order valence-corrected chi connectivity index (χ0v) is 21.1. The van der Waals surface area contributed by atoms with Gasteiger partial charge in [-0.25, -0.2) is 14.4 Å². The monoisotopic (exact) mass is 513 g/mol. The second-order valence-corrected chi connectivity index (χ2v) is 9.56. The van der Waals surface area contributed by atoms with Gasteiger partial charge in [-0.3, -0.25) is 19.9 Å². The topological polar surface area (TPSA) is 128 Å². The number of aromatic amines is 2. The molecule has 0 aromatic carbocycles. The zero-order valence-electron chi connectivity index (χ0n) is 21.1. The van der Waals surface area contributed by atoms with Crippen molar-refractivity contribution in [1.29, 1.82) is 0 Å². The third kappa shape index (κ3) is 4.44. The van der Waals surface area contributed by atoms with Gasteiger partial charge in [0.15, 0.2) is 17.5 Å². The van der Waals surface area contributed by atoms with Gasteiger partial charge in [0.05, 0.1) is 34.5 Å². The third-order valence-electron chi connectivity index (χ3n) is 6.86. The number of carbonyl (C=O) groups excluding carboxylic acids is 1. The lowest BCUT2D eigenvalue weighted by atomic mass is 10.1. The number of pyridine rings is 3. The lowest BCUT2D eigenvalue weighted by Crippen LogP contribution is -2.30. The molecule has 6 rings (SSSR count). The Hall–Kier alpha value is -4.41. The van der Waals surface area contributed by atoms with Gasteiger partial charge in [-0.1, -0.05) is 13.3 Å². The number of H-pyrrole nitrogens is 2. The van der Waals surface area contributed by atoms with Crippen molar-refractivity contribution in [3.8, 4) is 22.8 Å². The van der Waals surface area contributed by atoms with E-state index in [0.29, 0.717) is 34.7 Å². The number of carbonyl (C=O) groups is 1. The predicted molar refractivity (Wildman–Crippen MR) is 144 cm³/mol. The summed E-state index contributed by atoms with van der Waals surface area (Å²) in [6.07, 6.45) is 12.0. The zero-order chi connectivity index (χ0) is 26.1. The highest BCUT2D eigenvalue weighted by Crippen LogP contribution is 2.34. The van der Waals surface area contributed by atoms with E-state index in [1.165, 1.54) is 18.8 Å². The van der Waals surface area contributed by atoms with Gasteiger partial charge in [-0.15, -0.1) is 0 Å². The fourth-order valence-corrected chi connectivity index (χ4v) is 4.92. The Morgan fingerprint density at radius 2 is 1.97 bits per heavy atom. The van der Waals surface area contributed by atoms with Crippen LogP contribution in [0.2, 0.25) is 0 Å². The summed E-state index contributed by atoms with van der Waals surface area (Å²) < 4.78 is 16.0. The number of unbranched alkanes of at least 4 members (excludes halogenated alkanes) is 1. The Balaban J connectivity index is 1.38. The van der Waals surface area contributed by atoms with Crippen molar-refractivity contribution in [1.82, 2.24) is 35.1 Å². The normalized spacial score (nSPS) is 13.9. The van der Waals surface area contributed by atoms with E-state index in [1.54, 1.807) is 18.5 Å². The minimum absolute atomic E-state index is 0.102. The molecule has 38 heavy (non-hydrogen) atoms. The molecule has 1 aliphatic heterocycles. The standard InChI is InChI=1S/C27H28FN9O/c1-2-3-7-20(38)32-17-12-16(13-29-14-17)23-22(28)21-19(15-31-23)35-36-25(21)26-33-18-8-9-30-27(24(18)34-26)37-10-5-4-6-11-37/h8-9,12-15H,2-7,10-11H2,1H3,(H,32,38)(H,33,34)(H,35,36). The van der Waals surface area contributed by atoms with Gasteiger partial charge in [-0.05, 0) is 37.8 Å². The minimum atomic E-state index is -0.544. The molecule has 1 saturated heterocycles. The maximum absolute atomic E-state index is 16.0. The number of nitrogens with zero attached hydrogens (tertiary/aromatic N) is 6. The maximum Gasteiger partial charge on any atom is 0.224 e. The largest absolute Gasteiger partial charge is 0.355 e. The van der Waals surface area contributed by atoms with E-state index in [9.17, 15) is 4.79 Å². The van der Waals surface area contributed by atoms with Gasteiger partial charge >= 0.3 is 0 Å². The number of nitrogens with one attached hydrogen (secondary N) is 3. The predicted octanol–water partition coefficient (Wildman–Crippen LogP) is 5.22. The molecule has 5 aromatic rings. The molecule has 1 amide bonds. The van der Waals surface area contributed by atoms with Crippen LogP contribution in [-0.2, 0) is 4.79 Å². The third-order valence-corrected chi connectivity index (χ3v) is 6.86. The molecule has 0 spiro atoms. The number of imidazole rings is 1. The smallest absolute Gasteiger partial charge is 0.224 e. The van der Waals surface area contributed by atoms with Crippen LogP contribution in [0.1, 0.15) is 45.4 Å². The van der Waals surface area contributed by atoms with Crippen LogP contribution >= 0.6 is 0 Å². The summed E-state index contributed by atoms with van der Waals surface area (Å²) in [7, 11) is 0. The number of rotatable bonds is 7.